The summed E-state index contributed by atoms with van der Waals surface area (Å²) in [4.78, 5) is 26.6. The maximum absolute atomic E-state index is 12.8. The normalized spacial score (nSPS) is 19.4. The number of carbonyl (C=O) groups is 1. The zero-order chi connectivity index (χ0) is 18.6. The summed E-state index contributed by atoms with van der Waals surface area (Å²) in [5, 5.41) is 4.12. The van der Waals surface area contributed by atoms with E-state index in [4.69, 9.17) is 9.57 Å². The summed E-state index contributed by atoms with van der Waals surface area (Å²) in [6.45, 7) is 2.73. The van der Waals surface area contributed by atoms with Gasteiger partial charge in [-0.05, 0) is 11.6 Å². The molecule has 0 radical (unpaired) electrons. The standard InChI is InChI=1S/C20H22N4O3/c1-26-16-7-8-21-19(13-16)23-9-11-24(12-10-23)20(25)18-14-17(22-27-18)15-5-3-2-4-6-15/h2-8,13,18H,9-12,14H2,1H3. The van der Waals surface area contributed by atoms with E-state index in [9.17, 15) is 4.79 Å². The van der Waals surface area contributed by atoms with E-state index < -0.39 is 6.10 Å². The molecule has 7 heteroatoms. The maximum Gasteiger partial charge on any atom is 0.267 e. The molecule has 2 aliphatic rings. The van der Waals surface area contributed by atoms with E-state index in [0.29, 0.717) is 19.5 Å². The van der Waals surface area contributed by atoms with E-state index >= 15 is 0 Å². The average molecular weight is 366 g/mol. The Morgan fingerprint density at radius 3 is 2.67 bits per heavy atom. The minimum Gasteiger partial charge on any atom is -0.497 e. The molecule has 140 valence electrons. The quantitative estimate of drug-likeness (QED) is 0.827. The number of aromatic nitrogens is 1. The second-order valence-electron chi connectivity index (χ2n) is 6.57. The molecule has 1 unspecified atom stereocenters. The van der Waals surface area contributed by atoms with Crippen LogP contribution in [0.15, 0.2) is 53.8 Å². The number of ether oxygens (including phenoxy) is 1. The lowest BCUT2D eigenvalue weighted by Gasteiger charge is -2.36. The largest absolute Gasteiger partial charge is 0.497 e. The van der Waals surface area contributed by atoms with Crippen LogP contribution < -0.4 is 9.64 Å². The Bertz CT molecular complexity index is 832. The third kappa shape index (κ3) is 3.72. The molecule has 3 heterocycles. The summed E-state index contributed by atoms with van der Waals surface area (Å²) >= 11 is 0. The number of oxime groups is 1. The second kappa shape index (κ2) is 7.65. The van der Waals surface area contributed by atoms with Crippen LogP contribution in [0.5, 0.6) is 5.75 Å². The molecule has 1 aromatic heterocycles. The molecule has 4 rings (SSSR count). The Morgan fingerprint density at radius 2 is 1.93 bits per heavy atom. The fraction of sp³-hybridized carbons (Fsp3) is 0.350. The first-order chi connectivity index (χ1) is 13.2. The highest BCUT2D eigenvalue weighted by molar-refractivity contribution is 6.04. The predicted molar refractivity (Wildman–Crippen MR) is 102 cm³/mol. The summed E-state index contributed by atoms with van der Waals surface area (Å²) in [5.74, 6) is 1.65. The highest BCUT2D eigenvalue weighted by Gasteiger charge is 2.34. The van der Waals surface area contributed by atoms with Gasteiger partial charge in [-0.1, -0.05) is 35.5 Å². The van der Waals surface area contributed by atoms with Crippen molar-refractivity contribution in [3.05, 3.63) is 54.2 Å². The minimum absolute atomic E-state index is 0.00272. The number of methoxy groups -OCH3 is 1. The molecule has 0 N–H and O–H groups in total. The summed E-state index contributed by atoms with van der Waals surface area (Å²) in [5.41, 5.74) is 1.83. The van der Waals surface area contributed by atoms with Crippen molar-refractivity contribution in [2.24, 2.45) is 5.16 Å². The average Bonchev–Trinajstić information content (AvgIpc) is 3.24. The molecular weight excluding hydrogens is 344 g/mol. The molecule has 27 heavy (non-hydrogen) atoms. The number of rotatable bonds is 4. The lowest BCUT2D eigenvalue weighted by atomic mass is 10.0. The van der Waals surface area contributed by atoms with E-state index in [0.717, 1.165) is 35.9 Å². The topological polar surface area (TPSA) is 67.3 Å². The molecule has 1 atom stereocenters. The highest BCUT2D eigenvalue weighted by Crippen LogP contribution is 2.22. The highest BCUT2D eigenvalue weighted by atomic mass is 16.6. The summed E-state index contributed by atoms with van der Waals surface area (Å²) in [6.07, 6.45) is 1.72. The number of carbonyl (C=O) groups excluding carboxylic acids is 1. The third-order valence-corrected chi connectivity index (χ3v) is 4.92. The number of piperazine rings is 1. The van der Waals surface area contributed by atoms with Crippen LogP contribution in [-0.4, -0.2) is 60.9 Å². The molecule has 1 fully saturated rings. The van der Waals surface area contributed by atoms with Crippen LogP contribution in [0.4, 0.5) is 5.82 Å². The van der Waals surface area contributed by atoms with Gasteiger partial charge in [0.25, 0.3) is 5.91 Å². The van der Waals surface area contributed by atoms with Gasteiger partial charge >= 0.3 is 0 Å². The van der Waals surface area contributed by atoms with Crippen LogP contribution >= 0.6 is 0 Å². The Hall–Kier alpha value is -3.09. The van der Waals surface area contributed by atoms with Crippen LogP contribution in [-0.2, 0) is 9.63 Å². The fourth-order valence-corrected chi connectivity index (χ4v) is 3.37. The molecule has 7 nitrogen and oxygen atoms in total. The van der Waals surface area contributed by atoms with Gasteiger partial charge in [0.15, 0.2) is 0 Å². The molecule has 2 aliphatic heterocycles. The van der Waals surface area contributed by atoms with Crippen molar-refractivity contribution in [3.63, 3.8) is 0 Å². The Labute approximate surface area is 158 Å². The van der Waals surface area contributed by atoms with Crippen molar-refractivity contribution < 1.29 is 14.4 Å². The van der Waals surface area contributed by atoms with Crippen molar-refractivity contribution in [1.82, 2.24) is 9.88 Å². The van der Waals surface area contributed by atoms with Crippen molar-refractivity contribution in [2.45, 2.75) is 12.5 Å². The summed E-state index contributed by atoms with van der Waals surface area (Å²) in [6, 6.07) is 13.6. The van der Waals surface area contributed by atoms with Crippen molar-refractivity contribution >= 4 is 17.4 Å². The Kier molecular flexibility index (Phi) is 4.91. The van der Waals surface area contributed by atoms with Gasteiger partial charge in [-0.2, -0.15) is 0 Å². The number of amides is 1. The molecule has 0 aliphatic carbocycles. The zero-order valence-corrected chi connectivity index (χ0v) is 15.2. The number of anilines is 1. The van der Waals surface area contributed by atoms with Crippen LogP contribution in [0.1, 0.15) is 12.0 Å². The molecule has 0 saturated carbocycles. The van der Waals surface area contributed by atoms with Gasteiger partial charge in [0, 0.05) is 44.9 Å². The van der Waals surface area contributed by atoms with Crippen molar-refractivity contribution in [3.8, 4) is 5.75 Å². The molecule has 0 bridgehead atoms. The van der Waals surface area contributed by atoms with Gasteiger partial charge in [-0.25, -0.2) is 4.98 Å². The van der Waals surface area contributed by atoms with Gasteiger partial charge in [0.05, 0.1) is 12.8 Å². The Balaban J connectivity index is 1.33. The summed E-state index contributed by atoms with van der Waals surface area (Å²) in [7, 11) is 1.64. The minimum atomic E-state index is -0.526. The van der Waals surface area contributed by atoms with Crippen LogP contribution in [0, 0.1) is 0 Å². The van der Waals surface area contributed by atoms with E-state index in [1.807, 2.05) is 47.4 Å². The van der Waals surface area contributed by atoms with E-state index in [1.165, 1.54) is 0 Å². The van der Waals surface area contributed by atoms with Gasteiger partial charge in [0.2, 0.25) is 6.10 Å². The first kappa shape index (κ1) is 17.3. The SMILES string of the molecule is COc1ccnc(N2CCN(C(=O)C3CC(c4ccccc4)=NO3)CC2)c1. The first-order valence-electron chi connectivity index (χ1n) is 9.06. The molecule has 0 spiro atoms. The second-order valence-corrected chi connectivity index (χ2v) is 6.57. The molecule has 1 saturated heterocycles. The zero-order valence-electron chi connectivity index (χ0n) is 15.2. The van der Waals surface area contributed by atoms with E-state index in [1.54, 1.807) is 13.3 Å². The van der Waals surface area contributed by atoms with Gasteiger partial charge < -0.3 is 19.4 Å². The number of nitrogens with zero attached hydrogens (tertiary/aromatic N) is 4. The fourth-order valence-electron chi connectivity index (χ4n) is 3.37. The van der Waals surface area contributed by atoms with E-state index in [-0.39, 0.29) is 5.91 Å². The van der Waals surface area contributed by atoms with Crippen molar-refractivity contribution in [1.29, 1.82) is 0 Å². The van der Waals surface area contributed by atoms with Crippen molar-refractivity contribution in [2.75, 3.05) is 38.2 Å². The molecule has 1 amide bonds. The van der Waals surface area contributed by atoms with Gasteiger partial charge in [0.1, 0.15) is 11.6 Å². The monoisotopic (exact) mass is 366 g/mol. The van der Waals surface area contributed by atoms with Gasteiger partial charge in [-0.3, -0.25) is 4.79 Å². The number of pyridine rings is 1. The van der Waals surface area contributed by atoms with Gasteiger partial charge in [-0.15, -0.1) is 0 Å². The number of benzene rings is 1. The van der Waals surface area contributed by atoms with E-state index in [2.05, 4.69) is 15.0 Å². The van der Waals surface area contributed by atoms with Crippen LogP contribution in [0.3, 0.4) is 0 Å². The smallest absolute Gasteiger partial charge is 0.267 e. The molecule has 2 aromatic rings. The lowest BCUT2D eigenvalue weighted by molar-refractivity contribution is -0.142. The lowest BCUT2D eigenvalue weighted by Crippen LogP contribution is -2.51. The third-order valence-electron chi connectivity index (χ3n) is 4.92. The van der Waals surface area contributed by atoms with Crippen LogP contribution in [0.2, 0.25) is 0 Å². The van der Waals surface area contributed by atoms with Crippen LogP contribution in [0.25, 0.3) is 0 Å². The molecule has 1 aromatic carbocycles. The maximum atomic E-state index is 12.8. The molecular formula is C20H22N4O3. The predicted octanol–water partition coefficient (Wildman–Crippen LogP) is 1.93. The Morgan fingerprint density at radius 1 is 1.15 bits per heavy atom. The summed E-state index contributed by atoms with van der Waals surface area (Å²) < 4.78 is 5.26. The number of hydrogen-bond donors (Lipinski definition) is 0. The first-order valence-corrected chi connectivity index (χ1v) is 9.06. The number of hydrogen-bond acceptors (Lipinski definition) is 6.